The number of methoxy groups -OCH3 is 1. The highest BCUT2D eigenvalue weighted by atomic mass is 16.6. The second kappa shape index (κ2) is 11.9. The van der Waals surface area contributed by atoms with Gasteiger partial charge in [0.15, 0.2) is 0 Å². The SMILES string of the molecule is CCC(C)(CC(C)(CC(C)(C)C(=O)OC12CC3CC(CC(OC)(C3)C1)C2)C(=O)OC1(C)C2CC3CC(C2)CC1C3)C(=O)OC1C2CC3C(=O)OC1C3C2. The average Bonchev–Trinajstić information content (AvgIpc) is 3.71. The van der Waals surface area contributed by atoms with Crippen molar-refractivity contribution in [1.82, 2.24) is 0 Å². The van der Waals surface area contributed by atoms with Gasteiger partial charge < -0.3 is 23.7 Å². The Balaban J connectivity index is 0.977. The Bertz CT molecular complexity index is 1520. The molecule has 9 nitrogen and oxygen atoms in total. The van der Waals surface area contributed by atoms with Crippen molar-refractivity contribution in [1.29, 1.82) is 0 Å². The van der Waals surface area contributed by atoms with E-state index in [0.717, 1.165) is 76.0 Å². The van der Waals surface area contributed by atoms with E-state index in [9.17, 15) is 14.4 Å². The molecular weight excluding hydrogens is 672 g/mol. The molecule has 0 N–H and O–H groups in total. The highest BCUT2D eigenvalue weighted by Crippen LogP contribution is 2.62. The van der Waals surface area contributed by atoms with Crippen molar-refractivity contribution in [2.24, 2.45) is 69.5 Å². The summed E-state index contributed by atoms with van der Waals surface area (Å²) in [6.07, 6.45) is 13.0. The van der Waals surface area contributed by atoms with Crippen molar-refractivity contribution >= 4 is 23.9 Å². The van der Waals surface area contributed by atoms with Crippen LogP contribution in [0.4, 0.5) is 0 Å². The summed E-state index contributed by atoms with van der Waals surface area (Å²) >= 11 is 0. The van der Waals surface area contributed by atoms with Crippen molar-refractivity contribution in [2.75, 3.05) is 7.11 Å². The molecule has 10 bridgehead atoms. The van der Waals surface area contributed by atoms with Gasteiger partial charge in [0.05, 0.1) is 27.8 Å². The Kier molecular flexibility index (Phi) is 8.21. The molecule has 1 heterocycles. The minimum absolute atomic E-state index is 0.0671. The second-order valence-electron chi connectivity index (χ2n) is 21.8. The number of ether oxygens (including phenoxy) is 5. The molecule has 0 aromatic rings. The minimum Gasteiger partial charge on any atom is -0.459 e. The van der Waals surface area contributed by atoms with Crippen LogP contribution >= 0.6 is 0 Å². The fourth-order valence-corrected chi connectivity index (χ4v) is 15.2. The van der Waals surface area contributed by atoms with Crippen molar-refractivity contribution in [3.8, 4) is 0 Å². The molecule has 1 saturated heterocycles. The standard InChI is InChI=1S/C44H64O9/c1-8-40(4,37(47)51-33-28-15-31-32(16-28)35(45)50-34(31)33)22-41(5,38(48)52-42(6)29-11-24-9-25(13-29)14-30(42)12-24)21-39(2,3)36(46)53-44-19-26-10-27(20-44)18-43(17-26,23-44)49-7/h24-34H,8-23H2,1-7H3. The highest BCUT2D eigenvalue weighted by molar-refractivity contribution is 5.83. The summed E-state index contributed by atoms with van der Waals surface area (Å²) in [5.41, 5.74) is -4.56. The number of rotatable bonds is 12. The largest absolute Gasteiger partial charge is 0.459 e. The molecular formula is C44H64O9. The second-order valence-corrected chi connectivity index (χ2v) is 21.8. The van der Waals surface area contributed by atoms with Gasteiger partial charge in [-0.25, -0.2) is 0 Å². The number of hydrogen-bond donors (Lipinski definition) is 0. The van der Waals surface area contributed by atoms with Gasteiger partial charge >= 0.3 is 23.9 Å². The summed E-state index contributed by atoms with van der Waals surface area (Å²) in [4.78, 5) is 56.5. The number of esters is 4. The third kappa shape index (κ3) is 5.67. The minimum atomic E-state index is -1.18. The van der Waals surface area contributed by atoms with E-state index in [1.165, 1.54) is 12.8 Å². The van der Waals surface area contributed by atoms with Gasteiger partial charge in [-0.3, -0.25) is 19.2 Å². The molecule has 0 amide bonds. The Morgan fingerprint density at radius 1 is 0.736 bits per heavy atom. The van der Waals surface area contributed by atoms with Crippen LogP contribution in [0.2, 0.25) is 0 Å². The number of carbonyl (C=O) groups is 4. The highest BCUT2D eigenvalue weighted by Gasteiger charge is 2.65. The van der Waals surface area contributed by atoms with E-state index in [4.69, 9.17) is 23.7 Å². The fourth-order valence-electron chi connectivity index (χ4n) is 15.2. The molecule has 294 valence electrons. The Hall–Kier alpha value is -2.16. The van der Waals surface area contributed by atoms with Gasteiger partial charge in [-0.15, -0.1) is 0 Å². The van der Waals surface area contributed by atoms with Gasteiger partial charge in [-0.1, -0.05) is 6.92 Å². The molecule has 11 aliphatic rings. The predicted octanol–water partition coefficient (Wildman–Crippen LogP) is 7.75. The lowest BCUT2D eigenvalue weighted by molar-refractivity contribution is -0.233. The van der Waals surface area contributed by atoms with Crippen LogP contribution in [0.3, 0.4) is 0 Å². The maximum atomic E-state index is 15.1. The van der Waals surface area contributed by atoms with Gasteiger partial charge in [0.25, 0.3) is 0 Å². The molecule has 11 rings (SSSR count). The van der Waals surface area contributed by atoms with Crippen molar-refractivity contribution in [2.45, 2.75) is 173 Å². The molecule has 9 heteroatoms. The number of fused-ring (bicyclic) bond motifs is 1. The van der Waals surface area contributed by atoms with Gasteiger partial charge in [-0.05, 0) is 166 Å². The lowest BCUT2D eigenvalue weighted by atomic mass is 9.50. The fraction of sp³-hybridized carbons (Fsp3) is 0.909. The van der Waals surface area contributed by atoms with Gasteiger partial charge in [-0.2, -0.15) is 0 Å². The zero-order chi connectivity index (χ0) is 37.5. The normalized spacial score (nSPS) is 47.6. The van der Waals surface area contributed by atoms with Crippen LogP contribution < -0.4 is 0 Å². The van der Waals surface area contributed by atoms with Crippen molar-refractivity contribution in [3.05, 3.63) is 0 Å². The maximum absolute atomic E-state index is 15.1. The van der Waals surface area contributed by atoms with Crippen LogP contribution in [0.25, 0.3) is 0 Å². The quantitative estimate of drug-likeness (QED) is 0.147. The third-order valence-electron chi connectivity index (χ3n) is 17.4. The van der Waals surface area contributed by atoms with E-state index in [1.54, 1.807) is 7.11 Å². The molecule has 10 aliphatic carbocycles. The van der Waals surface area contributed by atoms with Gasteiger partial charge in [0, 0.05) is 25.4 Å². The first-order valence-electron chi connectivity index (χ1n) is 21.3. The summed E-state index contributed by atoms with van der Waals surface area (Å²) in [6.45, 7) is 11.7. The molecule has 53 heavy (non-hydrogen) atoms. The lowest BCUT2D eigenvalue weighted by Gasteiger charge is -2.60. The van der Waals surface area contributed by atoms with E-state index in [2.05, 4.69) is 6.92 Å². The average molecular weight is 737 g/mol. The van der Waals surface area contributed by atoms with E-state index in [-0.39, 0.29) is 66.2 Å². The van der Waals surface area contributed by atoms with E-state index >= 15 is 4.79 Å². The number of carbonyl (C=O) groups excluding carboxylic acids is 4. The molecule has 0 radical (unpaired) electrons. The van der Waals surface area contributed by atoms with Crippen LogP contribution in [-0.2, 0) is 42.9 Å². The van der Waals surface area contributed by atoms with Crippen LogP contribution in [0, 0.1) is 69.5 Å². The van der Waals surface area contributed by atoms with Crippen LogP contribution in [-0.4, -0.2) is 60.0 Å². The Morgan fingerprint density at radius 2 is 1.34 bits per heavy atom. The molecule has 0 spiro atoms. The topological polar surface area (TPSA) is 114 Å². The molecule has 1 aliphatic heterocycles. The first-order valence-corrected chi connectivity index (χ1v) is 21.3. The Morgan fingerprint density at radius 3 is 1.94 bits per heavy atom. The first-order chi connectivity index (χ1) is 24.9. The van der Waals surface area contributed by atoms with Crippen molar-refractivity contribution in [3.63, 3.8) is 0 Å². The van der Waals surface area contributed by atoms with Crippen molar-refractivity contribution < 1.29 is 42.9 Å². The van der Waals surface area contributed by atoms with Crippen LogP contribution in [0.15, 0.2) is 0 Å². The first kappa shape index (κ1) is 36.5. The molecule has 9 atom stereocenters. The van der Waals surface area contributed by atoms with Gasteiger partial charge in [0.1, 0.15) is 23.4 Å². The van der Waals surface area contributed by atoms with Crippen LogP contribution in [0.1, 0.15) is 144 Å². The predicted molar refractivity (Wildman–Crippen MR) is 194 cm³/mol. The monoisotopic (exact) mass is 736 g/mol. The zero-order valence-corrected chi connectivity index (χ0v) is 33.3. The summed E-state index contributed by atoms with van der Waals surface area (Å²) in [5.74, 6) is 2.18. The maximum Gasteiger partial charge on any atom is 0.312 e. The molecule has 0 aromatic heterocycles. The third-order valence-corrected chi connectivity index (χ3v) is 17.4. The van der Waals surface area contributed by atoms with Gasteiger partial charge in [0.2, 0.25) is 0 Å². The smallest absolute Gasteiger partial charge is 0.312 e. The lowest BCUT2D eigenvalue weighted by Crippen LogP contribution is -2.61. The summed E-state index contributed by atoms with van der Waals surface area (Å²) < 4.78 is 31.7. The van der Waals surface area contributed by atoms with E-state index < -0.39 is 33.6 Å². The zero-order valence-electron chi connectivity index (χ0n) is 33.3. The molecule has 9 unspecified atom stereocenters. The summed E-state index contributed by atoms with van der Waals surface area (Å²) in [5, 5.41) is 0. The number of hydrogen-bond acceptors (Lipinski definition) is 9. The molecule has 11 fully saturated rings. The van der Waals surface area contributed by atoms with E-state index in [0.29, 0.717) is 36.5 Å². The molecule has 0 aromatic carbocycles. The Labute approximate surface area is 316 Å². The summed E-state index contributed by atoms with van der Waals surface area (Å²) in [7, 11) is 1.80. The molecule has 10 saturated carbocycles. The summed E-state index contributed by atoms with van der Waals surface area (Å²) in [6, 6.07) is 0. The van der Waals surface area contributed by atoms with E-state index in [1.807, 2.05) is 34.6 Å². The van der Waals surface area contributed by atoms with Crippen LogP contribution in [0.5, 0.6) is 0 Å².